The van der Waals surface area contributed by atoms with E-state index < -0.39 is 46.7 Å². The third-order valence-electron chi connectivity index (χ3n) is 3.13. The van der Waals surface area contributed by atoms with E-state index >= 15 is 0 Å². The zero-order valence-electron chi connectivity index (χ0n) is 13.0. The van der Waals surface area contributed by atoms with Gasteiger partial charge in [0.15, 0.2) is 11.5 Å². The summed E-state index contributed by atoms with van der Waals surface area (Å²) in [4.78, 5) is 14.8. The lowest BCUT2D eigenvalue weighted by Crippen LogP contribution is -2.20. The summed E-state index contributed by atoms with van der Waals surface area (Å²) in [5, 5.41) is 12.8. The SMILES string of the molecule is COC(=O)c1cc(C)nn1-c1nc(C(F)(F)F)cc(C(F)(F)F)c1C#N. The van der Waals surface area contributed by atoms with Crippen molar-refractivity contribution in [1.29, 1.82) is 5.26 Å². The van der Waals surface area contributed by atoms with Crippen molar-refractivity contribution >= 4 is 5.97 Å². The van der Waals surface area contributed by atoms with Crippen LogP contribution >= 0.6 is 0 Å². The summed E-state index contributed by atoms with van der Waals surface area (Å²) in [7, 11) is 0.959. The van der Waals surface area contributed by atoms with Crippen LogP contribution in [0.4, 0.5) is 26.3 Å². The number of halogens is 6. The summed E-state index contributed by atoms with van der Waals surface area (Å²) in [5.41, 5.74) is -5.34. The molecule has 2 rings (SSSR count). The lowest BCUT2D eigenvalue weighted by molar-refractivity contribution is -0.145. The number of pyridine rings is 1. The molecule has 138 valence electrons. The number of esters is 1. The second kappa shape index (κ2) is 6.32. The van der Waals surface area contributed by atoms with Crippen LogP contribution in [0.15, 0.2) is 12.1 Å². The Labute approximate surface area is 141 Å². The molecule has 0 spiro atoms. The summed E-state index contributed by atoms with van der Waals surface area (Å²) in [6.45, 7) is 1.34. The molecule has 0 aliphatic carbocycles. The van der Waals surface area contributed by atoms with E-state index in [2.05, 4.69) is 14.8 Å². The van der Waals surface area contributed by atoms with Gasteiger partial charge < -0.3 is 4.74 Å². The first kappa shape index (κ1) is 19.2. The Hall–Kier alpha value is -3.10. The monoisotopic (exact) mass is 378 g/mol. The maximum atomic E-state index is 13.2. The number of aryl methyl sites for hydroxylation is 1. The zero-order chi connectivity index (χ0) is 19.9. The molecule has 0 bridgehead atoms. The van der Waals surface area contributed by atoms with Crippen molar-refractivity contribution < 1.29 is 35.9 Å². The lowest BCUT2D eigenvalue weighted by Gasteiger charge is -2.16. The number of carbonyl (C=O) groups excluding carboxylic acids is 1. The third-order valence-corrected chi connectivity index (χ3v) is 3.13. The van der Waals surface area contributed by atoms with Gasteiger partial charge in [0, 0.05) is 0 Å². The second-order valence-corrected chi connectivity index (χ2v) is 4.94. The highest BCUT2D eigenvalue weighted by atomic mass is 19.4. The number of ether oxygens (including phenoxy) is 1. The van der Waals surface area contributed by atoms with Crippen LogP contribution in [-0.4, -0.2) is 27.8 Å². The van der Waals surface area contributed by atoms with Gasteiger partial charge in [0.1, 0.15) is 17.3 Å². The van der Waals surface area contributed by atoms with Crippen LogP contribution in [0.3, 0.4) is 0 Å². The number of rotatable bonds is 2. The zero-order valence-corrected chi connectivity index (χ0v) is 13.0. The number of carbonyl (C=O) groups is 1. The van der Waals surface area contributed by atoms with Gasteiger partial charge in [0.05, 0.1) is 18.4 Å². The summed E-state index contributed by atoms with van der Waals surface area (Å²) in [5.74, 6) is -2.16. The standard InChI is InChI=1S/C14H8F6N4O2/c1-6-3-9(12(25)26-2)24(23-6)11-7(5-21)8(13(15,16)17)4-10(22-11)14(18,19)20/h3-4H,1-2H3. The molecule has 0 radical (unpaired) electrons. The van der Waals surface area contributed by atoms with Crippen molar-refractivity contribution in [1.82, 2.24) is 14.8 Å². The molecular formula is C14H8F6N4O2. The lowest BCUT2D eigenvalue weighted by atomic mass is 10.1. The molecule has 0 atom stereocenters. The van der Waals surface area contributed by atoms with Gasteiger partial charge >= 0.3 is 18.3 Å². The van der Waals surface area contributed by atoms with Crippen LogP contribution in [0, 0.1) is 18.3 Å². The van der Waals surface area contributed by atoms with Gasteiger partial charge in [-0.05, 0) is 19.1 Å². The fourth-order valence-electron chi connectivity index (χ4n) is 2.07. The van der Waals surface area contributed by atoms with Crippen molar-refractivity contribution in [3.63, 3.8) is 0 Å². The Bertz CT molecular complexity index is 908. The first-order chi connectivity index (χ1) is 11.9. The smallest absolute Gasteiger partial charge is 0.433 e. The molecule has 12 heteroatoms. The minimum Gasteiger partial charge on any atom is -0.464 e. The highest BCUT2D eigenvalue weighted by Crippen LogP contribution is 2.38. The van der Waals surface area contributed by atoms with Crippen LogP contribution < -0.4 is 0 Å². The molecule has 0 aliphatic heterocycles. The number of nitriles is 1. The predicted molar refractivity (Wildman–Crippen MR) is 72.2 cm³/mol. The van der Waals surface area contributed by atoms with Crippen LogP contribution in [0.5, 0.6) is 0 Å². The number of nitrogens with zero attached hydrogens (tertiary/aromatic N) is 4. The fraction of sp³-hybridized carbons (Fsp3) is 0.286. The van der Waals surface area contributed by atoms with E-state index in [1.165, 1.54) is 13.0 Å². The summed E-state index contributed by atoms with van der Waals surface area (Å²) in [6, 6.07) is 1.98. The highest BCUT2D eigenvalue weighted by Gasteiger charge is 2.41. The van der Waals surface area contributed by atoms with Gasteiger partial charge in [-0.25, -0.2) is 14.5 Å². The molecular weight excluding hydrogens is 370 g/mol. The van der Waals surface area contributed by atoms with E-state index in [1.807, 2.05) is 0 Å². The Balaban J connectivity index is 2.93. The van der Waals surface area contributed by atoms with E-state index in [0.29, 0.717) is 4.68 Å². The van der Waals surface area contributed by atoms with Crippen LogP contribution in [0.2, 0.25) is 0 Å². The minimum atomic E-state index is -5.27. The molecule has 0 saturated carbocycles. The molecule has 0 amide bonds. The molecule has 26 heavy (non-hydrogen) atoms. The third kappa shape index (κ3) is 3.46. The summed E-state index contributed by atoms with van der Waals surface area (Å²) < 4.78 is 83.3. The quantitative estimate of drug-likeness (QED) is 0.592. The summed E-state index contributed by atoms with van der Waals surface area (Å²) in [6.07, 6.45) is -10.5. The Morgan fingerprint density at radius 3 is 2.27 bits per heavy atom. The number of aromatic nitrogens is 3. The van der Waals surface area contributed by atoms with E-state index in [4.69, 9.17) is 5.26 Å². The molecule has 6 nitrogen and oxygen atoms in total. The maximum Gasteiger partial charge on any atom is 0.433 e. The van der Waals surface area contributed by atoms with Crippen LogP contribution in [0.1, 0.15) is 33.0 Å². The largest absolute Gasteiger partial charge is 0.464 e. The summed E-state index contributed by atoms with van der Waals surface area (Å²) >= 11 is 0. The van der Waals surface area contributed by atoms with Crippen LogP contribution in [-0.2, 0) is 17.1 Å². The van der Waals surface area contributed by atoms with Crippen molar-refractivity contribution in [2.75, 3.05) is 7.11 Å². The van der Waals surface area contributed by atoms with Crippen molar-refractivity contribution in [3.05, 3.63) is 40.3 Å². The number of alkyl halides is 6. The topological polar surface area (TPSA) is 80.8 Å². The van der Waals surface area contributed by atoms with E-state index in [0.717, 1.165) is 13.2 Å². The normalized spacial score (nSPS) is 12.0. The average molecular weight is 378 g/mol. The molecule has 0 aromatic carbocycles. The van der Waals surface area contributed by atoms with Gasteiger partial charge in [-0.2, -0.15) is 36.7 Å². The molecule has 0 N–H and O–H groups in total. The average Bonchev–Trinajstić information content (AvgIpc) is 2.92. The van der Waals surface area contributed by atoms with Gasteiger partial charge in [0.25, 0.3) is 0 Å². The van der Waals surface area contributed by atoms with Gasteiger partial charge in [0.2, 0.25) is 0 Å². The van der Waals surface area contributed by atoms with Gasteiger partial charge in [-0.15, -0.1) is 0 Å². The fourth-order valence-corrected chi connectivity index (χ4v) is 2.07. The first-order valence-corrected chi connectivity index (χ1v) is 6.65. The van der Waals surface area contributed by atoms with Gasteiger partial charge in [-0.3, -0.25) is 0 Å². The number of hydrogen-bond acceptors (Lipinski definition) is 5. The molecule has 0 aliphatic rings. The number of methoxy groups -OCH3 is 1. The second-order valence-electron chi connectivity index (χ2n) is 4.94. The van der Waals surface area contributed by atoms with E-state index in [9.17, 15) is 31.1 Å². The van der Waals surface area contributed by atoms with Crippen LogP contribution in [0.25, 0.3) is 5.82 Å². The van der Waals surface area contributed by atoms with Crippen molar-refractivity contribution in [2.45, 2.75) is 19.3 Å². The van der Waals surface area contributed by atoms with E-state index in [-0.39, 0.29) is 11.8 Å². The Kier molecular flexibility index (Phi) is 4.68. The number of hydrogen-bond donors (Lipinski definition) is 0. The molecule has 0 unspecified atom stereocenters. The minimum absolute atomic E-state index is 0.0852. The predicted octanol–water partition coefficient (Wildman–Crippen LogP) is 3.27. The van der Waals surface area contributed by atoms with Gasteiger partial charge in [-0.1, -0.05) is 0 Å². The first-order valence-electron chi connectivity index (χ1n) is 6.65. The van der Waals surface area contributed by atoms with E-state index in [1.54, 1.807) is 0 Å². The maximum absolute atomic E-state index is 13.2. The van der Waals surface area contributed by atoms with Crippen molar-refractivity contribution in [2.24, 2.45) is 0 Å². The molecule has 2 heterocycles. The molecule has 0 fully saturated rings. The highest BCUT2D eigenvalue weighted by molar-refractivity contribution is 5.88. The molecule has 0 saturated heterocycles. The Morgan fingerprint density at radius 1 is 1.19 bits per heavy atom. The van der Waals surface area contributed by atoms with Crippen molar-refractivity contribution in [3.8, 4) is 11.9 Å². The molecule has 2 aromatic heterocycles. The Morgan fingerprint density at radius 2 is 1.81 bits per heavy atom. The molecule has 2 aromatic rings.